The summed E-state index contributed by atoms with van der Waals surface area (Å²) in [5.41, 5.74) is 9.15. The number of hydrazine groups is 1. The molecule has 0 aliphatic rings. The molecule has 0 aliphatic carbocycles. The Morgan fingerprint density at radius 1 is 0.786 bits per heavy atom. The molecule has 1 amide bonds. The fourth-order valence-electron chi connectivity index (χ4n) is 2.28. The van der Waals surface area contributed by atoms with Crippen LogP contribution in [0.15, 0.2) is 83.8 Å². The summed E-state index contributed by atoms with van der Waals surface area (Å²) in [5, 5.41) is 0. The number of hydrogen-bond acceptors (Lipinski definition) is 6. The second-order valence-electron chi connectivity index (χ2n) is 5.62. The second-order valence-corrected chi connectivity index (χ2v) is 7.30. The van der Waals surface area contributed by atoms with Crippen molar-refractivity contribution in [2.75, 3.05) is 15.6 Å². The summed E-state index contributed by atoms with van der Waals surface area (Å²) in [4.78, 5) is 15.8. The lowest BCUT2D eigenvalue weighted by Crippen LogP contribution is -2.18. The molecule has 0 aliphatic heterocycles. The summed E-state index contributed by atoms with van der Waals surface area (Å²) >= 11 is 0. The Morgan fingerprint density at radius 2 is 1.50 bits per heavy atom. The molecule has 3 aromatic carbocycles. The minimum atomic E-state index is -3.79. The zero-order valence-electron chi connectivity index (χ0n) is 14.6. The molecule has 0 heterocycles. The van der Waals surface area contributed by atoms with E-state index in [0.29, 0.717) is 29.2 Å². The highest BCUT2D eigenvalue weighted by atomic mass is 32.2. The molecule has 0 radical (unpaired) electrons. The van der Waals surface area contributed by atoms with Gasteiger partial charge in [-0.25, -0.2) is 13.9 Å². The molecular weight excluding hydrogens is 380 g/mol. The SMILES string of the molecule is O=CNNc1ccc(NS(=O)(=O)c2cccc(NOc3ccccc3)c2)cc1. The van der Waals surface area contributed by atoms with E-state index in [1.165, 1.54) is 12.1 Å². The van der Waals surface area contributed by atoms with Gasteiger partial charge in [-0.2, -0.15) is 0 Å². The fraction of sp³-hybridized carbons (Fsp3) is 0. The first-order chi connectivity index (χ1) is 13.6. The highest BCUT2D eigenvalue weighted by Crippen LogP contribution is 2.21. The van der Waals surface area contributed by atoms with Crippen molar-refractivity contribution in [2.24, 2.45) is 0 Å². The van der Waals surface area contributed by atoms with E-state index in [0.717, 1.165) is 0 Å². The zero-order valence-corrected chi connectivity index (χ0v) is 15.4. The summed E-state index contributed by atoms with van der Waals surface area (Å²) in [6, 6.07) is 21.7. The number of rotatable bonds is 9. The third kappa shape index (κ3) is 5.15. The van der Waals surface area contributed by atoms with Crippen molar-refractivity contribution in [1.82, 2.24) is 5.43 Å². The predicted molar refractivity (Wildman–Crippen MR) is 107 cm³/mol. The average Bonchev–Trinajstić information content (AvgIpc) is 2.72. The molecule has 28 heavy (non-hydrogen) atoms. The van der Waals surface area contributed by atoms with Crippen LogP contribution in [0.2, 0.25) is 0 Å². The maximum Gasteiger partial charge on any atom is 0.261 e. The van der Waals surface area contributed by atoms with Crippen LogP contribution in [0.1, 0.15) is 0 Å². The second kappa shape index (κ2) is 8.78. The highest BCUT2D eigenvalue weighted by molar-refractivity contribution is 7.92. The maximum absolute atomic E-state index is 12.6. The first kappa shape index (κ1) is 19.1. The normalized spacial score (nSPS) is 10.6. The predicted octanol–water partition coefficient (Wildman–Crippen LogP) is 2.97. The van der Waals surface area contributed by atoms with Crippen molar-refractivity contribution in [2.45, 2.75) is 4.90 Å². The van der Waals surface area contributed by atoms with E-state index in [1.807, 2.05) is 18.2 Å². The summed E-state index contributed by atoms with van der Waals surface area (Å²) in [7, 11) is -3.79. The van der Waals surface area contributed by atoms with Crippen molar-refractivity contribution in [1.29, 1.82) is 0 Å². The van der Waals surface area contributed by atoms with Crippen LogP contribution in [-0.2, 0) is 14.8 Å². The van der Waals surface area contributed by atoms with Gasteiger partial charge in [0.1, 0.15) is 0 Å². The van der Waals surface area contributed by atoms with Crippen molar-refractivity contribution in [3.8, 4) is 5.75 Å². The first-order valence-corrected chi connectivity index (χ1v) is 9.71. The van der Waals surface area contributed by atoms with Gasteiger partial charge in [0.25, 0.3) is 10.0 Å². The van der Waals surface area contributed by atoms with Crippen LogP contribution < -0.4 is 25.9 Å². The Kier molecular flexibility index (Phi) is 5.97. The van der Waals surface area contributed by atoms with Crippen LogP contribution in [0.5, 0.6) is 5.75 Å². The van der Waals surface area contributed by atoms with Crippen LogP contribution in [0.3, 0.4) is 0 Å². The molecule has 0 atom stereocenters. The van der Waals surface area contributed by atoms with Crippen LogP contribution in [0.25, 0.3) is 0 Å². The third-order valence-corrected chi connectivity index (χ3v) is 4.97. The van der Waals surface area contributed by atoms with Gasteiger partial charge >= 0.3 is 0 Å². The maximum atomic E-state index is 12.6. The average molecular weight is 398 g/mol. The molecule has 0 fully saturated rings. The van der Waals surface area contributed by atoms with Gasteiger partial charge in [0.05, 0.1) is 16.3 Å². The topological polar surface area (TPSA) is 109 Å². The molecule has 0 unspecified atom stereocenters. The number of sulfonamides is 1. The highest BCUT2D eigenvalue weighted by Gasteiger charge is 2.15. The molecule has 8 nitrogen and oxygen atoms in total. The largest absolute Gasteiger partial charge is 0.382 e. The minimum absolute atomic E-state index is 0.0824. The lowest BCUT2D eigenvalue weighted by molar-refractivity contribution is -0.109. The Bertz CT molecular complexity index is 1030. The van der Waals surface area contributed by atoms with Crippen LogP contribution in [-0.4, -0.2) is 14.8 Å². The molecule has 144 valence electrons. The molecule has 0 spiro atoms. The van der Waals surface area contributed by atoms with Crippen molar-refractivity contribution in [3.63, 3.8) is 0 Å². The van der Waals surface area contributed by atoms with E-state index in [4.69, 9.17) is 4.84 Å². The lowest BCUT2D eigenvalue weighted by atomic mass is 10.3. The summed E-state index contributed by atoms with van der Waals surface area (Å²) < 4.78 is 27.8. The van der Waals surface area contributed by atoms with Crippen LogP contribution in [0, 0.1) is 0 Å². The smallest absolute Gasteiger partial charge is 0.261 e. The van der Waals surface area contributed by atoms with Crippen molar-refractivity contribution >= 4 is 33.5 Å². The Labute approximate surface area is 162 Å². The van der Waals surface area contributed by atoms with E-state index < -0.39 is 10.0 Å². The molecule has 0 saturated heterocycles. The van der Waals surface area contributed by atoms with Crippen LogP contribution in [0.4, 0.5) is 17.1 Å². The molecule has 9 heteroatoms. The van der Waals surface area contributed by atoms with Gasteiger partial charge in [0, 0.05) is 5.69 Å². The number of benzene rings is 3. The lowest BCUT2D eigenvalue weighted by Gasteiger charge is -2.12. The number of carbonyl (C=O) groups excluding carboxylic acids is 1. The minimum Gasteiger partial charge on any atom is -0.382 e. The summed E-state index contributed by atoms with van der Waals surface area (Å²) in [6.07, 6.45) is 0.499. The van der Waals surface area contributed by atoms with E-state index in [1.54, 1.807) is 48.5 Å². The third-order valence-electron chi connectivity index (χ3n) is 3.59. The number of anilines is 3. The number of carbonyl (C=O) groups is 1. The van der Waals surface area contributed by atoms with Gasteiger partial charge in [-0.1, -0.05) is 24.3 Å². The summed E-state index contributed by atoms with van der Waals surface area (Å²) in [5.74, 6) is 0.603. The number of amides is 1. The van der Waals surface area contributed by atoms with Gasteiger partial charge in [0.2, 0.25) is 6.41 Å². The van der Waals surface area contributed by atoms with Gasteiger partial charge < -0.3 is 4.84 Å². The van der Waals surface area contributed by atoms with E-state index in [2.05, 4.69) is 21.1 Å². The zero-order chi connectivity index (χ0) is 19.8. The van der Waals surface area contributed by atoms with E-state index >= 15 is 0 Å². The molecule has 3 aromatic rings. The Morgan fingerprint density at radius 3 is 2.21 bits per heavy atom. The Balaban J connectivity index is 1.68. The Hall–Kier alpha value is -3.72. The van der Waals surface area contributed by atoms with Gasteiger partial charge in [0.15, 0.2) is 5.75 Å². The van der Waals surface area contributed by atoms with Gasteiger partial charge in [-0.3, -0.25) is 20.4 Å². The monoisotopic (exact) mass is 398 g/mol. The van der Waals surface area contributed by atoms with E-state index in [9.17, 15) is 13.2 Å². The standard InChI is InChI=1S/C19H18N4O4S/c24-14-20-21-15-9-11-16(12-10-15)23-28(25,26)19-8-4-5-17(13-19)22-27-18-6-2-1-3-7-18/h1-14,21-23H,(H,20,24). The quantitative estimate of drug-likeness (QED) is 0.326. The molecule has 0 bridgehead atoms. The molecule has 3 rings (SSSR count). The number of nitrogens with one attached hydrogen (secondary N) is 4. The fourth-order valence-corrected chi connectivity index (χ4v) is 3.39. The van der Waals surface area contributed by atoms with Gasteiger partial charge in [-0.05, 0) is 54.6 Å². The molecule has 4 N–H and O–H groups in total. The number of hydrogen-bond donors (Lipinski definition) is 4. The molecular formula is C19H18N4O4S. The van der Waals surface area contributed by atoms with Crippen LogP contribution >= 0.6 is 0 Å². The van der Waals surface area contributed by atoms with Gasteiger partial charge in [-0.15, -0.1) is 0 Å². The first-order valence-electron chi connectivity index (χ1n) is 8.23. The molecule has 0 saturated carbocycles. The number of para-hydroxylation sites is 1. The molecule has 0 aromatic heterocycles. The van der Waals surface area contributed by atoms with Crippen molar-refractivity contribution in [3.05, 3.63) is 78.9 Å². The summed E-state index contributed by atoms with van der Waals surface area (Å²) in [6.45, 7) is 0. The van der Waals surface area contributed by atoms with E-state index in [-0.39, 0.29) is 4.90 Å². The van der Waals surface area contributed by atoms with Crippen molar-refractivity contribution < 1.29 is 18.0 Å².